The lowest BCUT2D eigenvalue weighted by atomic mass is 9.88. The first-order chi connectivity index (χ1) is 7.85. The lowest BCUT2D eigenvalue weighted by molar-refractivity contribution is -0.307. The van der Waals surface area contributed by atoms with Crippen molar-refractivity contribution in [3.05, 3.63) is 0 Å². The summed E-state index contributed by atoms with van der Waals surface area (Å²) >= 11 is 0. The van der Waals surface area contributed by atoms with Gasteiger partial charge in [0.15, 0.2) is 5.92 Å². The molecule has 1 nitrogen and oxygen atoms in total. The summed E-state index contributed by atoms with van der Waals surface area (Å²) < 4.78 is 73.8. The van der Waals surface area contributed by atoms with Gasteiger partial charge in [0, 0.05) is 0 Å². The summed E-state index contributed by atoms with van der Waals surface area (Å²) in [6.07, 6.45) is -13.4. The van der Waals surface area contributed by atoms with E-state index in [-0.39, 0.29) is 5.92 Å². The summed E-state index contributed by atoms with van der Waals surface area (Å²) in [6.45, 7) is 5.16. The van der Waals surface area contributed by atoms with E-state index < -0.39 is 36.7 Å². The van der Waals surface area contributed by atoms with Crippen molar-refractivity contribution < 1.29 is 31.4 Å². The first-order valence-corrected chi connectivity index (χ1v) is 5.67. The summed E-state index contributed by atoms with van der Waals surface area (Å²) in [5, 5.41) is 9.22. The molecule has 0 amide bonds. The maximum Gasteiger partial charge on any atom is 0.403 e. The highest BCUT2D eigenvalue weighted by Crippen LogP contribution is 2.42. The third-order valence-corrected chi connectivity index (χ3v) is 2.61. The second-order valence-electron chi connectivity index (χ2n) is 5.10. The average molecular weight is 280 g/mol. The van der Waals surface area contributed by atoms with E-state index in [1.54, 1.807) is 0 Å². The molecule has 0 aliphatic heterocycles. The van der Waals surface area contributed by atoms with E-state index >= 15 is 0 Å². The van der Waals surface area contributed by atoms with Crippen molar-refractivity contribution >= 4 is 0 Å². The molecular weight excluding hydrogens is 262 g/mol. The quantitative estimate of drug-likeness (QED) is 0.750. The van der Waals surface area contributed by atoms with E-state index in [1.165, 1.54) is 6.92 Å². The van der Waals surface area contributed by atoms with E-state index in [0.29, 0.717) is 6.42 Å². The molecular formula is C11H18F6O. The predicted molar refractivity (Wildman–Crippen MR) is 54.8 cm³/mol. The molecule has 0 radical (unpaired) electrons. The fourth-order valence-corrected chi connectivity index (χ4v) is 2.07. The van der Waals surface area contributed by atoms with Gasteiger partial charge in [0.2, 0.25) is 0 Å². The van der Waals surface area contributed by atoms with E-state index in [4.69, 9.17) is 0 Å². The van der Waals surface area contributed by atoms with Gasteiger partial charge in [-0.25, -0.2) is 0 Å². The van der Waals surface area contributed by atoms with Crippen LogP contribution in [0, 0.1) is 17.8 Å². The van der Waals surface area contributed by atoms with Crippen LogP contribution >= 0.6 is 0 Å². The molecule has 0 fully saturated rings. The van der Waals surface area contributed by atoms with Crippen LogP contribution in [0.4, 0.5) is 26.3 Å². The molecule has 0 spiro atoms. The minimum Gasteiger partial charge on any atom is -0.392 e. The molecule has 0 aliphatic carbocycles. The van der Waals surface area contributed by atoms with E-state index in [0.717, 1.165) is 0 Å². The maximum atomic E-state index is 12.3. The normalized spacial score (nSPS) is 17.3. The summed E-state index contributed by atoms with van der Waals surface area (Å²) in [5.74, 6) is -3.91. The highest BCUT2D eigenvalue weighted by molar-refractivity contribution is 4.83. The van der Waals surface area contributed by atoms with Crippen molar-refractivity contribution in [2.45, 2.75) is 52.1 Å². The topological polar surface area (TPSA) is 20.2 Å². The number of aliphatic hydroxyl groups is 1. The molecule has 0 aliphatic rings. The van der Waals surface area contributed by atoms with Crippen molar-refractivity contribution in [1.82, 2.24) is 0 Å². The highest BCUT2D eigenvalue weighted by Gasteiger charge is 2.60. The van der Waals surface area contributed by atoms with Gasteiger partial charge in [-0.1, -0.05) is 20.8 Å². The molecule has 0 saturated carbocycles. The Hall–Kier alpha value is -0.460. The zero-order valence-corrected chi connectivity index (χ0v) is 10.4. The van der Waals surface area contributed by atoms with Crippen LogP contribution in [0.1, 0.15) is 33.6 Å². The fourth-order valence-electron chi connectivity index (χ4n) is 2.07. The van der Waals surface area contributed by atoms with Crippen LogP contribution < -0.4 is 0 Å². The zero-order valence-electron chi connectivity index (χ0n) is 10.4. The van der Waals surface area contributed by atoms with Gasteiger partial charge in [0.25, 0.3) is 0 Å². The molecule has 0 saturated heterocycles. The van der Waals surface area contributed by atoms with Gasteiger partial charge in [0.05, 0.1) is 6.10 Å². The number of aliphatic hydroxyl groups excluding tert-OH is 1. The Morgan fingerprint density at radius 2 is 1.22 bits per heavy atom. The molecule has 0 aromatic carbocycles. The summed E-state index contributed by atoms with van der Waals surface area (Å²) in [5.41, 5.74) is 0. The monoisotopic (exact) mass is 280 g/mol. The van der Waals surface area contributed by atoms with Crippen LogP contribution in [0.5, 0.6) is 0 Å². The van der Waals surface area contributed by atoms with Crippen LogP contribution in [0.2, 0.25) is 0 Å². The molecule has 0 rings (SSSR count). The number of alkyl halides is 6. The number of rotatable bonds is 5. The van der Waals surface area contributed by atoms with Crippen molar-refractivity contribution in [2.24, 2.45) is 17.8 Å². The third-order valence-electron chi connectivity index (χ3n) is 2.61. The SMILES string of the molecule is CC(C)CC(C)CC(O)C(C(F)(F)F)C(F)(F)F. The van der Waals surface area contributed by atoms with Gasteiger partial charge in [-0.15, -0.1) is 0 Å². The smallest absolute Gasteiger partial charge is 0.392 e. The zero-order chi connectivity index (χ0) is 14.7. The Labute approximate surface area is 102 Å². The van der Waals surface area contributed by atoms with Crippen molar-refractivity contribution in [2.75, 3.05) is 0 Å². The molecule has 0 aromatic heterocycles. The Morgan fingerprint density at radius 3 is 1.50 bits per heavy atom. The van der Waals surface area contributed by atoms with Crippen molar-refractivity contribution in [3.8, 4) is 0 Å². The van der Waals surface area contributed by atoms with Gasteiger partial charge in [-0.2, -0.15) is 26.3 Å². The Kier molecular flexibility index (Phi) is 5.97. The van der Waals surface area contributed by atoms with Gasteiger partial charge >= 0.3 is 12.4 Å². The number of halogens is 6. The second-order valence-corrected chi connectivity index (χ2v) is 5.10. The van der Waals surface area contributed by atoms with Gasteiger partial charge in [-0.05, 0) is 24.7 Å². The lowest BCUT2D eigenvalue weighted by Crippen LogP contribution is -2.45. The lowest BCUT2D eigenvalue weighted by Gasteiger charge is -2.29. The molecule has 2 unspecified atom stereocenters. The number of hydrogen-bond acceptors (Lipinski definition) is 1. The molecule has 7 heteroatoms. The molecule has 2 atom stereocenters. The summed E-state index contributed by atoms with van der Waals surface area (Å²) in [7, 11) is 0. The first kappa shape index (κ1) is 17.5. The molecule has 0 aromatic rings. The Bertz CT molecular complexity index is 231. The fraction of sp³-hybridized carbons (Fsp3) is 1.00. The number of hydrogen-bond donors (Lipinski definition) is 1. The van der Waals surface area contributed by atoms with Gasteiger partial charge in [0.1, 0.15) is 0 Å². The predicted octanol–water partition coefficient (Wildman–Crippen LogP) is 4.16. The highest BCUT2D eigenvalue weighted by atomic mass is 19.4. The van der Waals surface area contributed by atoms with Crippen LogP contribution in [-0.4, -0.2) is 23.6 Å². The van der Waals surface area contributed by atoms with Crippen molar-refractivity contribution in [1.29, 1.82) is 0 Å². The van der Waals surface area contributed by atoms with Gasteiger partial charge in [-0.3, -0.25) is 0 Å². The standard InChI is InChI=1S/C11H18F6O/c1-6(2)4-7(3)5-8(18)9(10(12,13)14)11(15,16)17/h6-9,18H,4-5H2,1-3H3. The molecule has 18 heavy (non-hydrogen) atoms. The molecule has 0 heterocycles. The first-order valence-electron chi connectivity index (χ1n) is 5.67. The van der Waals surface area contributed by atoms with Crippen LogP contribution in [0.3, 0.4) is 0 Å². The Morgan fingerprint density at radius 1 is 0.833 bits per heavy atom. The van der Waals surface area contributed by atoms with E-state index in [2.05, 4.69) is 0 Å². The summed E-state index contributed by atoms with van der Waals surface area (Å²) in [4.78, 5) is 0. The summed E-state index contributed by atoms with van der Waals surface area (Å²) in [6, 6.07) is 0. The second kappa shape index (κ2) is 6.12. The van der Waals surface area contributed by atoms with Crippen LogP contribution in [0.15, 0.2) is 0 Å². The molecule has 1 N–H and O–H groups in total. The Balaban J connectivity index is 4.74. The minimum atomic E-state index is -5.48. The van der Waals surface area contributed by atoms with Crippen LogP contribution in [-0.2, 0) is 0 Å². The van der Waals surface area contributed by atoms with Gasteiger partial charge < -0.3 is 5.11 Å². The van der Waals surface area contributed by atoms with Crippen molar-refractivity contribution in [3.63, 3.8) is 0 Å². The van der Waals surface area contributed by atoms with Crippen LogP contribution in [0.25, 0.3) is 0 Å². The average Bonchev–Trinajstić information content (AvgIpc) is 1.93. The third kappa shape index (κ3) is 5.93. The molecule has 0 bridgehead atoms. The molecule has 110 valence electrons. The maximum absolute atomic E-state index is 12.3. The largest absolute Gasteiger partial charge is 0.403 e. The minimum absolute atomic E-state index is 0.155. The van der Waals surface area contributed by atoms with E-state index in [9.17, 15) is 31.4 Å². The van der Waals surface area contributed by atoms with E-state index in [1.807, 2.05) is 13.8 Å².